The maximum Gasteiger partial charge on any atom is 0.409 e. The molecule has 1 saturated heterocycles. The lowest BCUT2D eigenvalue weighted by Crippen LogP contribution is -2.51. The van der Waals surface area contributed by atoms with Crippen LogP contribution < -0.4 is 4.83 Å². The SMILES string of the molecule is COC(=O)N(C)C[C@@]12C=C[C@@](C)(C/C(=N\NS(=O)(=O)c3ccc(C)cc3)C1)O2. The number of carbonyl (C=O) groups excluding carboxylic acids is 1. The van der Waals surface area contributed by atoms with Crippen molar-refractivity contribution in [2.24, 2.45) is 5.10 Å². The van der Waals surface area contributed by atoms with E-state index in [-0.39, 0.29) is 11.4 Å². The number of hydrogen-bond acceptors (Lipinski definition) is 6. The number of amides is 1. The van der Waals surface area contributed by atoms with Gasteiger partial charge in [-0.2, -0.15) is 13.5 Å². The van der Waals surface area contributed by atoms with E-state index in [1.165, 1.54) is 12.0 Å². The molecule has 0 unspecified atom stereocenters. The Balaban J connectivity index is 1.78. The van der Waals surface area contributed by atoms with Gasteiger partial charge < -0.3 is 14.4 Å². The Hall–Kier alpha value is -2.39. The van der Waals surface area contributed by atoms with Crippen LogP contribution in [-0.2, 0) is 19.5 Å². The number of hydrogen-bond donors (Lipinski definition) is 1. The van der Waals surface area contributed by atoms with Crippen molar-refractivity contribution < 1.29 is 22.7 Å². The van der Waals surface area contributed by atoms with Crippen LogP contribution in [0.5, 0.6) is 0 Å². The van der Waals surface area contributed by atoms with Crippen LogP contribution in [0.3, 0.4) is 0 Å². The molecular weight excluding hydrogens is 382 g/mol. The van der Waals surface area contributed by atoms with Gasteiger partial charge >= 0.3 is 6.09 Å². The molecule has 9 heteroatoms. The van der Waals surface area contributed by atoms with Gasteiger partial charge in [0.25, 0.3) is 10.0 Å². The van der Waals surface area contributed by atoms with Crippen molar-refractivity contribution in [3.05, 3.63) is 42.0 Å². The minimum atomic E-state index is -3.75. The highest BCUT2D eigenvalue weighted by Gasteiger charge is 2.49. The first-order valence-corrected chi connectivity index (χ1v) is 10.4. The van der Waals surface area contributed by atoms with Crippen molar-refractivity contribution in [3.63, 3.8) is 0 Å². The highest BCUT2D eigenvalue weighted by molar-refractivity contribution is 7.89. The predicted molar refractivity (Wildman–Crippen MR) is 105 cm³/mol. The maximum atomic E-state index is 12.5. The lowest BCUT2D eigenvalue weighted by Gasteiger charge is -2.40. The van der Waals surface area contributed by atoms with Crippen molar-refractivity contribution in [2.45, 2.75) is 42.8 Å². The smallest absolute Gasteiger partial charge is 0.409 e. The number of sulfonamides is 1. The number of methoxy groups -OCH3 is 1. The molecule has 1 amide bonds. The van der Waals surface area contributed by atoms with E-state index in [0.717, 1.165) is 5.56 Å². The van der Waals surface area contributed by atoms with Crippen LogP contribution >= 0.6 is 0 Å². The van der Waals surface area contributed by atoms with E-state index in [4.69, 9.17) is 9.47 Å². The fraction of sp³-hybridized carbons (Fsp3) is 0.474. The standard InChI is InChI=1S/C19H25N3O5S/c1-14-5-7-16(8-6-14)28(24,25)21-20-15-11-18(2)9-10-19(12-15,27-18)13-22(3)17(23)26-4/h5-10,21H,11-13H2,1-4H3/b20-15+/t18-,19+/m0/s1. The Morgan fingerprint density at radius 1 is 1.29 bits per heavy atom. The molecule has 2 atom stereocenters. The number of rotatable bonds is 5. The van der Waals surface area contributed by atoms with Gasteiger partial charge in [-0.1, -0.05) is 29.8 Å². The topological polar surface area (TPSA) is 97.3 Å². The number of hydrazone groups is 1. The second kappa shape index (κ2) is 7.21. The molecule has 2 aliphatic heterocycles. The highest BCUT2D eigenvalue weighted by atomic mass is 32.2. The van der Waals surface area contributed by atoms with Gasteiger partial charge in [0, 0.05) is 25.6 Å². The summed E-state index contributed by atoms with van der Waals surface area (Å²) in [7, 11) is -0.811. The Morgan fingerprint density at radius 3 is 2.61 bits per heavy atom. The Morgan fingerprint density at radius 2 is 1.96 bits per heavy atom. The maximum absolute atomic E-state index is 12.5. The zero-order valence-corrected chi connectivity index (χ0v) is 17.2. The van der Waals surface area contributed by atoms with Gasteiger partial charge in [0.1, 0.15) is 5.60 Å². The predicted octanol–water partition coefficient (Wildman–Crippen LogP) is 2.21. The molecule has 1 fully saturated rings. The average molecular weight is 407 g/mol. The Kier molecular flexibility index (Phi) is 5.24. The minimum Gasteiger partial charge on any atom is -0.453 e. The van der Waals surface area contributed by atoms with E-state index in [0.29, 0.717) is 18.6 Å². The van der Waals surface area contributed by atoms with Crippen LogP contribution in [0.2, 0.25) is 0 Å². The van der Waals surface area contributed by atoms with Crippen LogP contribution in [0, 0.1) is 6.92 Å². The first-order chi connectivity index (χ1) is 13.1. The van der Waals surface area contributed by atoms with Crippen molar-refractivity contribution in [1.82, 2.24) is 9.73 Å². The molecule has 8 nitrogen and oxygen atoms in total. The van der Waals surface area contributed by atoms with Gasteiger partial charge in [-0.25, -0.2) is 9.63 Å². The van der Waals surface area contributed by atoms with Crippen molar-refractivity contribution >= 4 is 21.8 Å². The van der Waals surface area contributed by atoms with E-state index in [9.17, 15) is 13.2 Å². The summed E-state index contributed by atoms with van der Waals surface area (Å²) in [6.45, 7) is 4.07. The molecule has 0 aliphatic carbocycles. The molecular formula is C19H25N3O5S. The fourth-order valence-electron chi connectivity index (χ4n) is 3.60. The number of benzene rings is 1. The van der Waals surface area contributed by atoms with E-state index in [2.05, 4.69) is 9.93 Å². The second-order valence-electron chi connectivity index (χ2n) is 7.58. The summed E-state index contributed by atoms with van der Waals surface area (Å²) in [5.74, 6) is 0. The van der Waals surface area contributed by atoms with Crippen molar-refractivity contribution in [2.75, 3.05) is 20.7 Å². The lowest BCUT2D eigenvalue weighted by atomic mass is 9.90. The summed E-state index contributed by atoms with van der Waals surface area (Å²) in [6, 6.07) is 6.56. The zero-order valence-electron chi connectivity index (χ0n) is 16.4. The minimum absolute atomic E-state index is 0.155. The van der Waals surface area contributed by atoms with Crippen LogP contribution in [0.1, 0.15) is 25.3 Å². The lowest BCUT2D eigenvalue weighted by molar-refractivity contribution is -0.0929. The van der Waals surface area contributed by atoms with Crippen LogP contribution in [0.4, 0.5) is 4.79 Å². The number of fused-ring (bicyclic) bond motifs is 2. The van der Waals surface area contributed by atoms with Crippen molar-refractivity contribution in [3.8, 4) is 0 Å². The molecule has 1 aromatic rings. The van der Waals surface area contributed by atoms with Gasteiger partial charge in [0.15, 0.2) is 0 Å². The first kappa shape index (κ1) is 20.3. The molecule has 2 aliphatic rings. The molecule has 0 saturated carbocycles. The quantitative estimate of drug-likeness (QED) is 0.596. The summed E-state index contributed by atoms with van der Waals surface area (Å²) in [4.78, 5) is 15.7. The number of nitrogens with one attached hydrogen (secondary N) is 1. The van der Waals surface area contributed by atoms with E-state index < -0.39 is 27.3 Å². The molecule has 3 rings (SSSR count). The largest absolute Gasteiger partial charge is 0.453 e. The first-order valence-electron chi connectivity index (χ1n) is 8.90. The molecule has 28 heavy (non-hydrogen) atoms. The number of likely N-dealkylation sites (N-methyl/N-ethyl adjacent to an activating group) is 1. The van der Waals surface area contributed by atoms with E-state index >= 15 is 0 Å². The average Bonchev–Trinajstić information content (AvgIpc) is 2.88. The molecule has 2 heterocycles. The van der Waals surface area contributed by atoms with Crippen LogP contribution in [0.15, 0.2) is 46.4 Å². The van der Waals surface area contributed by atoms with Gasteiger partial charge in [-0.05, 0) is 26.0 Å². The van der Waals surface area contributed by atoms with Crippen LogP contribution in [-0.4, -0.2) is 57.0 Å². The summed E-state index contributed by atoms with van der Waals surface area (Å²) < 4.78 is 35.9. The summed E-state index contributed by atoms with van der Waals surface area (Å²) >= 11 is 0. The summed E-state index contributed by atoms with van der Waals surface area (Å²) in [5.41, 5.74) is 0.280. The number of carbonyl (C=O) groups is 1. The normalized spacial score (nSPS) is 27.6. The molecule has 1 aromatic carbocycles. The monoisotopic (exact) mass is 407 g/mol. The van der Waals surface area contributed by atoms with Gasteiger partial charge in [-0.15, -0.1) is 0 Å². The van der Waals surface area contributed by atoms with Crippen molar-refractivity contribution in [1.29, 1.82) is 0 Å². The van der Waals surface area contributed by atoms with E-state index in [1.807, 2.05) is 26.0 Å². The summed E-state index contributed by atoms with van der Waals surface area (Å²) in [6.07, 6.45) is 4.23. The zero-order chi connectivity index (χ0) is 20.6. The molecule has 152 valence electrons. The third kappa shape index (κ3) is 4.20. The number of nitrogens with zero attached hydrogens (tertiary/aromatic N) is 2. The number of ether oxygens (including phenoxy) is 2. The summed E-state index contributed by atoms with van der Waals surface area (Å²) in [5, 5.41) is 4.18. The molecule has 0 radical (unpaired) electrons. The third-order valence-corrected chi connectivity index (χ3v) is 6.11. The Bertz CT molecular complexity index is 925. The van der Waals surface area contributed by atoms with E-state index in [1.54, 1.807) is 31.3 Å². The number of aryl methyl sites for hydroxylation is 1. The van der Waals surface area contributed by atoms with Crippen LogP contribution in [0.25, 0.3) is 0 Å². The van der Waals surface area contributed by atoms with Gasteiger partial charge in [-0.3, -0.25) is 0 Å². The second-order valence-corrected chi connectivity index (χ2v) is 9.24. The highest BCUT2D eigenvalue weighted by Crippen LogP contribution is 2.42. The molecule has 0 spiro atoms. The molecule has 0 aromatic heterocycles. The molecule has 2 bridgehead atoms. The Labute approximate surface area is 165 Å². The fourth-order valence-corrected chi connectivity index (χ4v) is 4.45. The van der Waals surface area contributed by atoms with Gasteiger partial charge in [0.2, 0.25) is 0 Å². The van der Waals surface area contributed by atoms with Gasteiger partial charge in [0.05, 0.1) is 24.2 Å². The third-order valence-electron chi connectivity index (χ3n) is 4.88. The molecule has 1 N–H and O–H groups in total.